The Hall–Kier alpha value is -1.59. The molecule has 0 unspecified atom stereocenters. The SMILES string of the molecule is Cc1ccc(S(=O)(=O)N(C)Cc2ccoc2)cc1. The van der Waals surface area contributed by atoms with E-state index in [0.29, 0.717) is 11.4 Å². The lowest BCUT2D eigenvalue weighted by molar-refractivity contribution is 0.463. The van der Waals surface area contributed by atoms with Crippen molar-refractivity contribution in [3.8, 4) is 0 Å². The summed E-state index contributed by atoms with van der Waals surface area (Å²) in [6.07, 6.45) is 3.07. The number of hydrogen-bond acceptors (Lipinski definition) is 3. The highest BCUT2D eigenvalue weighted by molar-refractivity contribution is 7.89. The van der Waals surface area contributed by atoms with E-state index in [4.69, 9.17) is 4.42 Å². The van der Waals surface area contributed by atoms with Gasteiger partial charge in [0.2, 0.25) is 10.0 Å². The molecule has 0 bridgehead atoms. The maximum atomic E-state index is 12.3. The van der Waals surface area contributed by atoms with E-state index in [1.165, 1.54) is 10.6 Å². The molecule has 1 heterocycles. The lowest BCUT2D eigenvalue weighted by atomic mass is 10.2. The van der Waals surface area contributed by atoms with Crippen LogP contribution >= 0.6 is 0 Å². The van der Waals surface area contributed by atoms with Crippen LogP contribution in [0.25, 0.3) is 0 Å². The van der Waals surface area contributed by atoms with Crippen LogP contribution in [0.4, 0.5) is 0 Å². The van der Waals surface area contributed by atoms with Crippen LogP contribution < -0.4 is 0 Å². The van der Waals surface area contributed by atoms with Crippen LogP contribution in [0, 0.1) is 6.92 Å². The summed E-state index contributed by atoms with van der Waals surface area (Å²) in [7, 11) is -1.88. The van der Waals surface area contributed by atoms with E-state index >= 15 is 0 Å². The second-order valence-corrected chi connectivity index (χ2v) is 6.25. The zero-order valence-corrected chi connectivity index (χ0v) is 11.1. The van der Waals surface area contributed by atoms with Crippen LogP contribution in [0.1, 0.15) is 11.1 Å². The van der Waals surface area contributed by atoms with Gasteiger partial charge in [0.1, 0.15) is 0 Å². The van der Waals surface area contributed by atoms with E-state index in [9.17, 15) is 8.42 Å². The average Bonchev–Trinajstić information content (AvgIpc) is 2.82. The third-order valence-corrected chi connectivity index (χ3v) is 4.53. The topological polar surface area (TPSA) is 50.5 Å². The summed E-state index contributed by atoms with van der Waals surface area (Å²) in [5, 5.41) is 0. The highest BCUT2D eigenvalue weighted by atomic mass is 32.2. The molecule has 2 aromatic rings. The van der Waals surface area contributed by atoms with E-state index in [2.05, 4.69) is 0 Å². The third-order valence-electron chi connectivity index (χ3n) is 2.71. The highest BCUT2D eigenvalue weighted by Gasteiger charge is 2.20. The van der Waals surface area contributed by atoms with Gasteiger partial charge in [-0.2, -0.15) is 4.31 Å². The van der Waals surface area contributed by atoms with Gasteiger partial charge in [0.25, 0.3) is 0 Å². The molecular weight excluding hydrogens is 250 g/mol. The molecule has 96 valence electrons. The Morgan fingerprint density at radius 2 is 1.83 bits per heavy atom. The number of nitrogens with zero attached hydrogens (tertiary/aromatic N) is 1. The maximum absolute atomic E-state index is 12.3. The summed E-state index contributed by atoms with van der Waals surface area (Å²) >= 11 is 0. The van der Waals surface area contributed by atoms with Crippen molar-refractivity contribution in [1.29, 1.82) is 0 Å². The monoisotopic (exact) mass is 265 g/mol. The fourth-order valence-corrected chi connectivity index (χ4v) is 2.77. The van der Waals surface area contributed by atoms with E-state index < -0.39 is 10.0 Å². The Morgan fingerprint density at radius 3 is 2.39 bits per heavy atom. The molecule has 0 N–H and O–H groups in total. The largest absolute Gasteiger partial charge is 0.472 e. The molecule has 0 fully saturated rings. The summed E-state index contributed by atoms with van der Waals surface area (Å²) in [4.78, 5) is 0.305. The van der Waals surface area contributed by atoms with E-state index in [1.54, 1.807) is 43.6 Å². The molecule has 0 saturated heterocycles. The number of furan rings is 1. The number of hydrogen-bond donors (Lipinski definition) is 0. The van der Waals surface area contributed by atoms with Crippen LogP contribution in [0.2, 0.25) is 0 Å². The lowest BCUT2D eigenvalue weighted by Crippen LogP contribution is -2.26. The van der Waals surface area contributed by atoms with Gasteiger partial charge < -0.3 is 4.42 Å². The van der Waals surface area contributed by atoms with Gasteiger partial charge in [-0.05, 0) is 25.1 Å². The predicted molar refractivity (Wildman–Crippen MR) is 68.5 cm³/mol. The molecular formula is C13H15NO3S. The van der Waals surface area contributed by atoms with E-state index in [1.807, 2.05) is 6.92 Å². The van der Waals surface area contributed by atoms with Gasteiger partial charge in [0.15, 0.2) is 0 Å². The minimum atomic E-state index is -3.44. The summed E-state index contributed by atoms with van der Waals surface area (Å²) < 4.78 is 30.8. The number of aryl methyl sites for hydroxylation is 1. The first-order chi connectivity index (χ1) is 8.50. The molecule has 0 aliphatic rings. The first kappa shape index (κ1) is 12.9. The molecule has 1 aromatic heterocycles. The van der Waals surface area contributed by atoms with Crippen LogP contribution in [-0.4, -0.2) is 19.8 Å². The minimum absolute atomic E-state index is 0.298. The van der Waals surface area contributed by atoms with Crippen molar-refractivity contribution < 1.29 is 12.8 Å². The first-order valence-electron chi connectivity index (χ1n) is 5.54. The highest BCUT2D eigenvalue weighted by Crippen LogP contribution is 2.17. The number of sulfonamides is 1. The lowest BCUT2D eigenvalue weighted by Gasteiger charge is -2.16. The normalized spacial score (nSPS) is 11.9. The average molecular weight is 265 g/mol. The van der Waals surface area contributed by atoms with E-state index in [-0.39, 0.29) is 0 Å². The van der Waals surface area contributed by atoms with Crippen molar-refractivity contribution in [3.05, 3.63) is 54.0 Å². The van der Waals surface area contributed by atoms with Gasteiger partial charge in [-0.15, -0.1) is 0 Å². The van der Waals surface area contributed by atoms with Crippen molar-refractivity contribution in [1.82, 2.24) is 4.31 Å². The standard InChI is InChI=1S/C13H15NO3S/c1-11-3-5-13(6-4-11)18(15,16)14(2)9-12-7-8-17-10-12/h3-8,10H,9H2,1-2H3. The quantitative estimate of drug-likeness (QED) is 0.853. The molecule has 0 radical (unpaired) electrons. The molecule has 0 aliphatic heterocycles. The first-order valence-corrected chi connectivity index (χ1v) is 6.98. The van der Waals surface area contributed by atoms with Gasteiger partial charge in [0.05, 0.1) is 17.4 Å². The smallest absolute Gasteiger partial charge is 0.243 e. The molecule has 2 rings (SSSR count). The minimum Gasteiger partial charge on any atom is -0.472 e. The Labute approximate surface area is 107 Å². The molecule has 18 heavy (non-hydrogen) atoms. The Balaban J connectivity index is 2.22. The molecule has 4 nitrogen and oxygen atoms in total. The molecule has 0 atom stereocenters. The van der Waals surface area contributed by atoms with Crippen molar-refractivity contribution in [2.45, 2.75) is 18.4 Å². The second-order valence-electron chi connectivity index (χ2n) is 4.21. The zero-order chi connectivity index (χ0) is 13.2. The molecule has 5 heteroatoms. The van der Waals surface area contributed by atoms with Gasteiger partial charge in [-0.25, -0.2) is 8.42 Å². The van der Waals surface area contributed by atoms with Gasteiger partial charge >= 0.3 is 0 Å². The Kier molecular flexibility index (Phi) is 3.54. The Morgan fingerprint density at radius 1 is 1.17 bits per heavy atom. The second kappa shape index (κ2) is 4.96. The summed E-state index contributed by atoms with van der Waals surface area (Å²) in [6.45, 7) is 2.22. The van der Waals surface area contributed by atoms with Crippen LogP contribution in [-0.2, 0) is 16.6 Å². The Bertz CT molecular complexity index is 600. The van der Waals surface area contributed by atoms with Crippen molar-refractivity contribution in [2.24, 2.45) is 0 Å². The van der Waals surface area contributed by atoms with Gasteiger partial charge in [-0.3, -0.25) is 0 Å². The van der Waals surface area contributed by atoms with Crippen molar-refractivity contribution >= 4 is 10.0 Å². The van der Waals surface area contributed by atoms with Crippen molar-refractivity contribution in [3.63, 3.8) is 0 Å². The summed E-state index contributed by atoms with van der Waals surface area (Å²) in [6, 6.07) is 8.57. The fraction of sp³-hybridized carbons (Fsp3) is 0.231. The zero-order valence-electron chi connectivity index (χ0n) is 10.3. The molecule has 0 saturated carbocycles. The fourth-order valence-electron chi connectivity index (χ4n) is 1.61. The third kappa shape index (κ3) is 2.63. The van der Waals surface area contributed by atoms with Gasteiger partial charge in [0, 0.05) is 19.2 Å². The molecule has 1 aromatic carbocycles. The maximum Gasteiger partial charge on any atom is 0.243 e. The molecule has 0 aliphatic carbocycles. The molecule has 0 amide bonds. The van der Waals surface area contributed by atoms with Crippen LogP contribution in [0.15, 0.2) is 52.2 Å². The van der Waals surface area contributed by atoms with E-state index in [0.717, 1.165) is 11.1 Å². The summed E-state index contributed by atoms with van der Waals surface area (Å²) in [5.74, 6) is 0. The van der Waals surface area contributed by atoms with Crippen LogP contribution in [0.3, 0.4) is 0 Å². The summed E-state index contributed by atoms with van der Waals surface area (Å²) in [5.41, 5.74) is 1.86. The van der Waals surface area contributed by atoms with Crippen molar-refractivity contribution in [2.75, 3.05) is 7.05 Å². The van der Waals surface area contributed by atoms with Gasteiger partial charge in [-0.1, -0.05) is 17.7 Å². The predicted octanol–water partition coefficient (Wildman–Crippen LogP) is 2.41. The van der Waals surface area contributed by atoms with Crippen LogP contribution in [0.5, 0.6) is 0 Å². The number of rotatable bonds is 4. The molecule has 0 spiro atoms. The number of benzene rings is 1.